The van der Waals surface area contributed by atoms with E-state index in [2.05, 4.69) is 483 Å². The molecule has 0 aliphatic heterocycles. The predicted molar refractivity (Wildman–Crippen MR) is 527 cm³/mol. The van der Waals surface area contributed by atoms with Crippen molar-refractivity contribution in [1.82, 2.24) is 0 Å². The summed E-state index contributed by atoms with van der Waals surface area (Å²) in [6, 6.07) is 173. The molecule has 4 heteroatoms. The fourth-order valence-electron chi connectivity index (χ4n) is 21.4. The van der Waals surface area contributed by atoms with Gasteiger partial charge in [0.1, 0.15) is 22.3 Å². The van der Waals surface area contributed by atoms with E-state index in [1.165, 1.54) is 143 Å². The third kappa shape index (κ3) is 11.3. The van der Waals surface area contributed by atoms with Crippen molar-refractivity contribution in [2.45, 2.75) is 10.8 Å². The molecule has 2 aromatic heterocycles. The minimum atomic E-state index is -0.527. The smallest absolute Gasteiger partial charge is 0.143 e. The summed E-state index contributed by atoms with van der Waals surface area (Å²) in [7, 11) is 0. The Labute approximate surface area is 729 Å². The van der Waals surface area contributed by atoms with E-state index in [0.29, 0.717) is 0 Å². The minimum Gasteiger partial charge on any atom is -0.455 e. The summed E-state index contributed by atoms with van der Waals surface area (Å²) < 4.78 is 13.7. The number of nitrogens with zero attached hydrogens (tertiary/aromatic N) is 2. The number of fused-ring (bicyclic) bond motifs is 22. The van der Waals surface area contributed by atoms with Gasteiger partial charge < -0.3 is 18.6 Å². The molecular weight excluding hydrogens is 1530 g/mol. The number of rotatable bonds is 12. The molecule has 2 aliphatic carbocycles. The van der Waals surface area contributed by atoms with Gasteiger partial charge in [-0.2, -0.15) is 0 Å². The third-order valence-corrected chi connectivity index (χ3v) is 27.0. The largest absolute Gasteiger partial charge is 0.455 e. The summed E-state index contributed by atoms with van der Waals surface area (Å²) in [5.74, 6) is 0. The fraction of sp³-hybridized carbons (Fsp3) is 0.0164. The van der Waals surface area contributed by atoms with Crippen LogP contribution in [0.25, 0.3) is 153 Å². The van der Waals surface area contributed by atoms with Crippen LogP contribution in [0.15, 0.2) is 482 Å². The lowest BCUT2D eigenvalue weighted by Gasteiger charge is -2.35. The highest BCUT2D eigenvalue weighted by atomic mass is 16.3. The Kier molecular flexibility index (Phi) is 16.8. The highest BCUT2D eigenvalue weighted by molar-refractivity contribution is 6.18. The first-order valence-corrected chi connectivity index (χ1v) is 43.5. The topological polar surface area (TPSA) is 32.8 Å². The molecule has 0 amide bonds. The molecule has 0 saturated heterocycles. The van der Waals surface area contributed by atoms with Crippen molar-refractivity contribution in [3.05, 3.63) is 518 Å². The van der Waals surface area contributed by atoms with Gasteiger partial charge in [0.05, 0.1) is 16.5 Å². The quantitative estimate of drug-likeness (QED) is 0.114. The van der Waals surface area contributed by atoms with Crippen molar-refractivity contribution in [3.63, 3.8) is 0 Å². The summed E-state index contributed by atoms with van der Waals surface area (Å²) in [6.07, 6.45) is 0. The molecule has 0 saturated carbocycles. The molecule has 126 heavy (non-hydrogen) atoms. The Hall–Kier alpha value is -16.4. The normalized spacial score (nSPS) is 12.9. The molecule has 24 aromatic rings. The molecule has 0 radical (unpaired) electrons. The van der Waals surface area contributed by atoms with E-state index in [1.807, 2.05) is 0 Å². The number of hydrogen-bond acceptors (Lipinski definition) is 4. The van der Waals surface area contributed by atoms with Crippen LogP contribution in [0.5, 0.6) is 0 Å². The Morgan fingerprint density at radius 3 is 1.13 bits per heavy atom. The molecule has 4 nitrogen and oxygen atoms in total. The molecule has 588 valence electrons. The molecule has 0 spiro atoms. The zero-order valence-electron chi connectivity index (χ0n) is 68.7. The molecule has 26 rings (SSSR count). The van der Waals surface area contributed by atoms with E-state index in [1.54, 1.807) is 0 Å². The Balaban J connectivity index is 0.000000137. The average molecular weight is 1600 g/mol. The van der Waals surface area contributed by atoms with Gasteiger partial charge in [0.2, 0.25) is 0 Å². The Morgan fingerprint density at radius 2 is 0.540 bits per heavy atom. The third-order valence-electron chi connectivity index (χ3n) is 27.0. The Bertz CT molecular complexity index is 8380. The zero-order chi connectivity index (χ0) is 83.0. The SMILES string of the molecule is c1ccc(C2(c3ccccc3)c3ccccc3-c3c(N(c4ccc(-c5ccc6c(ccc7ccccc76)c5)cc4)c4ccc5c(c4)oc4c6ccccc6ccc54)cccc32)cc1.c1ccc(C2(c3ccccc3)c3ccccc3-c3ccc(N(c4ccc(-c5cc6ccccc6c6ccccc56)cc4)c4ccc5c(c4)oc4c6ccccc6ccc54)cc32)cc1. The average Bonchev–Trinajstić information content (AvgIpc) is 1.53. The molecule has 2 heterocycles. The van der Waals surface area contributed by atoms with Crippen molar-refractivity contribution in [2.24, 2.45) is 0 Å². The second-order valence-electron chi connectivity index (χ2n) is 33.6. The van der Waals surface area contributed by atoms with Crippen molar-refractivity contribution >= 4 is 143 Å². The Morgan fingerprint density at radius 1 is 0.175 bits per heavy atom. The van der Waals surface area contributed by atoms with Crippen LogP contribution in [0.3, 0.4) is 0 Å². The fourth-order valence-corrected chi connectivity index (χ4v) is 21.4. The highest BCUT2D eigenvalue weighted by Crippen LogP contribution is 2.61. The molecule has 0 bridgehead atoms. The van der Waals surface area contributed by atoms with Gasteiger partial charge in [0.25, 0.3) is 0 Å². The lowest BCUT2D eigenvalue weighted by molar-refractivity contribution is 0.672. The number of hydrogen-bond donors (Lipinski definition) is 0. The molecular formula is C122H78N2O2. The van der Waals surface area contributed by atoms with Crippen LogP contribution >= 0.6 is 0 Å². The van der Waals surface area contributed by atoms with Gasteiger partial charge in [-0.15, -0.1) is 0 Å². The van der Waals surface area contributed by atoms with Gasteiger partial charge in [-0.25, -0.2) is 0 Å². The number of benzene rings is 22. The van der Waals surface area contributed by atoms with Gasteiger partial charge in [-0.3, -0.25) is 0 Å². The van der Waals surface area contributed by atoms with Crippen molar-refractivity contribution in [1.29, 1.82) is 0 Å². The lowest BCUT2D eigenvalue weighted by Crippen LogP contribution is -2.28. The molecule has 0 unspecified atom stereocenters. The van der Waals surface area contributed by atoms with Crippen LogP contribution in [-0.4, -0.2) is 0 Å². The van der Waals surface area contributed by atoms with Gasteiger partial charge >= 0.3 is 0 Å². The van der Waals surface area contributed by atoms with E-state index in [0.717, 1.165) is 88.8 Å². The first kappa shape index (κ1) is 72.4. The second kappa shape index (κ2) is 29.2. The van der Waals surface area contributed by atoms with Crippen molar-refractivity contribution in [2.75, 3.05) is 9.80 Å². The first-order chi connectivity index (χ1) is 62.5. The molecule has 2 aliphatic rings. The standard InChI is InChI=1S/2C61H39NO/c1-3-17-43(18-4-1)61(44-19-5-2-6-20-44)57-26-14-13-25-52(57)53-35-32-46(38-58(53)61)62(47-33-36-54-55-34-29-40-15-7-10-22-49(40)60(55)63-59(54)39-47)45-30-27-41(28-31-45)56-37-42-16-8-9-21-48(42)50-23-11-12-24-51(50)56;1-3-16-45(17-4-1)61(46-18-5-2-6-19-46)55-23-12-11-22-54(55)59-56(61)24-13-25-57(59)62(48-34-37-52-53-36-30-42-15-8-10-21-51(42)60(53)63-58(52)39-48)47-32-28-40(29-33-47)43-31-35-50-44(38-43)27-26-41-14-7-9-20-49(41)50/h2*1-39H. The predicted octanol–water partition coefficient (Wildman–Crippen LogP) is 33.1. The van der Waals surface area contributed by atoms with Crippen LogP contribution in [-0.2, 0) is 10.8 Å². The van der Waals surface area contributed by atoms with Crippen LogP contribution < -0.4 is 9.80 Å². The van der Waals surface area contributed by atoms with E-state index >= 15 is 0 Å². The summed E-state index contributed by atoms with van der Waals surface area (Å²) in [5.41, 5.74) is 28.7. The maximum absolute atomic E-state index is 6.84. The van der Waals surface area contributed by atoms with Crippen LogP contribution in [0.2, 0.25) is 0 Å². The number of furan rings is 2. The van der Waals surface area contributed by atoms with E-state index in [4.69, 9.17) is 8.83 Å². The van der Waals surface area contributed by atoms with E-state index < -0.39 is 10.8 Å². The summed E-state index contributed by atoms with van der Waals surface area (Å²) in [5, 5.41) is 19.1. The second-order valence-corrected chi connectivity index (χ2v) is 33.6. The van der Waals surface area contributed by atoms with Gasteiger partial charge in [0.15, 0.2) is 0 Å². The molecule has 0 atom stereocenters. The van der Waals surface area contributed by atoms with Crippen molar-refractivity contribution in [3.8, 4) is 44.5 Å². The lowest BCUT2D eigenvalue weighted by atomic mass is 9.67. The van der Waals surface area contributed by atoms with E-state index in [-0.39, 0.29) is 0 Å². The zero-order valence-corrected chi connectivity index (χ0v) is 68.7. The summed E-state index contributed by atoms with van der Waals surface area (Å²) >= 11 is 0. The maximum atomic E-state index is 6.84. The van der Waals surface area contributed by atoms with Crippen LogP contribution in [0.1, 0.15) is 44.5 Å². The molecule has 22 aromatic carbocycles. The molecule has 0 fully saturated rings. The number of anilines is 6. The highest BCUT2D eigenvalue weighted by Gasteiger charge is 2.49. The van der Waals surface area contributed by atoms with Gasteiger partial charge in [-0.1, -0.05) is 370 Å². The van der Waals surface area contributed by atoms with Crippen molar-refractivity contribution < 1.29 is 8.83 Å². The summed E-state index contributed by atoms with van der Waals surface area (Å²) in [4.78, 5) is 4.83. The van der Waals surface area contributed by atoms with Crippen LogP contribution in [0.4, 0.5) is 34.1 Å². The van der Waals surface area contributed by atoms with E-state index in [9.17, 15) is 0 Å². The maximum Gasteiger partial charge on any atom is 0.143 e. The monoisotopic (exact) mass is 1600 g/mol. The van der Waals surface area contributed by atoms with Crippen LogP contribution in [0, 0.1) is 0 Å². The minimum absolute atomic E-state index is 0.523. The van der Waals surface area contributed by atoms with Gasteiger partial charge in [-0.05, 0) is 228 Å². The summed E-state index contributed by atoms with van der Waals surface area (Å²) in [6.45, 7) is 0. The van der Waals surface area contributed by atoms with Gasteiger partial charge in [0, 0.05) is 78.5 Å². The molecule has 0 N–H and O–H groups in total. The first-order valence-electron chi connectivity index (χ1n) is 43.5.